The van der Waals surface area contributed by atoms with Gasteiger partial charge in [-0.1, -0.05) is 20.8 Å². The zero-order valence-corrected chi connectivity index (χ0v) is 5.80. The van der Waals surface area contributed by atoms with Crippen molar-refractivity contribution in [2.45, 2.75) is 20.8 Å². The molecule has 0 radical (unpaired) electrons. The van der Waals surface area contributed by atoms with Gasteiger partial charge >= 0.3 is 0 Å². The molecule has 0 aliphatic carbocycles. The zero-order chi connectivity index (χ0) is 5.91. The first-order valence-corrected chi connectivity index (χ1v) is 3.07. The number of rotatable bonds is 0. The first-order chi connectivity index (χ1) is 3.06. The summed E-state index contributed by atoms with van der Waals surface area (Å²) in [5.74, 6) is 1.62. The summed E-state index contributed by atoms with van der Waals surface area (Å²) in [7, 11) is -0.116. The van der Waals surface area contributed by atoms with Crippen molar-refractivity contribution in [2.75, 3.05) is 0 Å². The summed E-state index contributed by atoms with van der Waals surface area (Å²) >= 11 is 0. The van der Waals surface area contributed by atoms with Crippen LogP contribution in [0.4, 0.5) is 4.20 Å². The Morgan fingerprint density at radius 3 is 1.86 bits per heavy atom. The summed E-state index contributed by atoms with van der Waals surface area (Å²) in [6.45, 7) is 5.92. The fraction of sp³-hybridized carbons (Fsp3) is 0.800. The van der Waals surface area contributed by atoms with E-state index in [0.29, 0.717) is 0 Å². The number of hydrogen-bond acceptors (Lipinski definition) is 0. The standard InChI is InChI=1S/C5H10FP/c1-5(2,3)4-7-6/h4H,1-3H3. The van der Waals surface area contributed by atoms with E-state index < -0.39 is 0 Å². The van der Waals surface area contributed by atoms with Gasteiger partial charge in [0, 0.05) is 0 Å². The molecule has 7 heavy (non-hydrogen) atoms. The van der Waals surface area contributed by atoms with E-state index in [2.05, 4.69) is 0 Å². The van der Waals surface area contributed by atoms with Gasteiger partial charge in [-0.25, -0.2) is 0 Å². The van der Waals surface area contributed by atoms with Gasteiger partial charge < -0.3 is 0 Å². The Morgan fingerprint density at radius 2 is 1.86 bits per heavy atom. The van der Waals surface area contributed by atoms with Crippen LogP contribution in [0.5, 0.6) is 0 Å². The molecule has 0 bridgehead atoms. The maximum absolute atomic E-state index is 11.4. The Bertz CT molecular complexity index is 70.6. The molecular formula is C5H10FP. The summed E-state index contributed by atoms with van der Waals surface area (Å²) in [4.78, 5) is 0. The largest absolute Gasteiger partial charge is 0.185 e. The van der Waals surface area contributed by atoms with Crippen LogP contribution in [0.3, 0.4) is 0 Å². The number of halogens is 1. The van der Waals surface area contributed by atoms with Crippen LogP contribution in [-0.4, -0.2) is 5.80 Å². The van der Waals surface area contributed by atoms with Gasteiger partial charge in [0.25, 0.3) is 0 Å². The minimum atomic E-state index is -0.116. The van der Waals surface area contributed by atoms with E-state index in [4.69, 9.17) is 0 Å². The first kappa shape index (κ1) is 7.10. The van der Waals surface area contributed by atoms with Gasteiger partial charge in [-0.05, 0) is 11.2 Å². The molecule has 0 nitrogen and oxygen atoms in total. The first-order valence-electron chi connectivity index (χ1n) is 2.22. The van der Waals surface area contributed by atoms with Crippen molar-refractivity contribution in [3.63, 3.8) is 0 Å². The lowest BCUT2D eigenvalue weighted by Crippen LogP contribution is -2.03. The number of hydrogen-bond donors (Lipinski definition) is 0. The van der Waals surface area contributed by atoms with Crippen molar-refractivity contribution >= 4 is 14.3 Å². The fourth-order valence-electron chi connectivity index (χ4n) is 0.146. The molecule has 0 amide bonds. The van der Waals surface area contributed by atoms with Crippen molar-refractivity contribution in [3.05, 3.63) is 0 Å². The fourth-order valence-corrected chi connectivity index (χ4v) is 0.439. The maximum atomic E-state index is 11.4. The van der Waals surface area contributed by atoms with Crippen LogP contribution < -0.4 is 0 Å². The quantitative estimate of drug-likeness (QED) is 0.431. The highest BCUT2D eigenvalue weighted by Gasteiger charge is 2.02. The molecule has 0 spiro atoms. The molecular weight excluding hydrogens is 110 g/mol. The highest BCUT2D eigenvalue weighted by Crippen LogP contribution is 2.12. The lowest BCUT2D eigenvalue weighted by Gasteiger charge is -2.07. The van der Waals surface area contributed by atoms with Crippen LogP contribution in [-0.2, 0) is 0 Å². The molecule has 0 aliphatic heterocycles. The third kappa shape index (κ3) is 6.10. The molecule has 0 atom stereocenters. The average molecular weight is 120 g/mol. The van der Waals surface area contributed by atoms with Crippen molar-refractivity contribution in [2.24, 2.45) is 5.41 Å². The minimum absolute atomic E-state index is 0.0380. The van der Waals surface area contributed by atoms with Crippen LogP contribution in [0.2, 0.25) is 0 Å². The Kier molecular flexibility index (Phi) is 2.45. The lowest BCUT2D eigenvalue weighted by atomic mass is 10.0. The monoisotopic (exact) mass is 120 g/mol. The second-order valence-corrected chi connectivity index (χ2v) is 3.05. The van der Waals surface area contributed by atoms with Crippen LogP contribution in [0, 0.1) is 5.41 Å². The molecule has 0 saturated heterocycles. The van der Waals surface area contributed by atoms with Gasteiger partial charge in [0.05, 0.1) is 0 Å². The average Bonchev–Trinajstić information content (AvgIpc) is 1.30. The van der Waals surface area contributed by atoms with Crippen molar-refractivity contribution in [1.82, 2.24) is 0 Å². The van der Waals surface area contributed by atoms with Gasteiger partial charge in [0.2, 0.25) is 0 Å². The summed E-state index contributed by atoms with van der Waals surface area (Å²) in [6, 6.07) is 0. The van der Waals surface area contributed by atoms with E-state index in [-0.39, 0.29) is 13.9 Å². The topological polar surface area (TPSA) is 0 Å². The summed E-state index contributed by atoms with van der Waals surface area (Å²) in [5.41, 5.74) is 0.0380. The Hall–Kier alpha value is 0.100. The molecule has 0 aromatic heterocycles. The molecule has 0 rings (SSSR count). The van der Waals surface area contributed by atoms with E-state index in [9.17, 15) is 4.20 Å². The lowest BCUT2D eigenvalue weighted by molar-refractivity contribution is 0.614. The van der Waals surface area contributed by atoms with Gasteiger partial charge in [-0.3, -0.25) is 0 Å². The van der Waals surface area contributed by atoms with Gasteiger partial charge in [0.1, 0.15) is 8.51 Å². The van der Waals surface area contributed by atoms with Crippen LogP contribution in [0.15, 0.2) is 0 Å². The Morgan fingerprint density at radius 1 is 1.43 bits per heavy atom. The molecule has 0 aliphatic rings. The van der Waals surface area contributed by atoms with Crippen LogP contribution in [0.25, 0.3) is 0 Å². The van der Waals surface area contributed by atoms with E-state index in [0.717, 1.165) is 0 Å². The Balaban J connectivity index is 3.56. The summed E-state index contributed by atoms with van der Waals surface area (Å²) in [6.07, 6.45) is 0. The zero-order valence-electron chi connectivity index (χ0n) is 4.90. The maximum Gasteiger partial charge on any atom is 0.109 e. The van der Waals surface area contributed by atoms with Crippen LogP contribution >= 0.6 is 8.51 Å². The second-order valence-electron chi connectivity index (χ2n) is 2.59. The molecule has 0 heterocycles. The van der Waals surface area contributed by atoms with E-state index in [1.165, 1.54) is 0 Å². The molecule has 0 aromatic rings. The summed E-state index contributed by atoms with van der Waals surface area (Å²) < 4.78 is 11.4. The van der Waals surface area contributed by atoms with Crippen LogP contribution in [0.1, 0.15) is 20.8 Å². The minimum Gasteiger partial charge on any atom is -0.185 e. The third-order valence-corrected chi connectivity index (χ3v) is 1.31. The Labute approximate surface area is 45.7 Å². The predicted molar refractivity (Wildman–Crippen MR) is 33.5 cm³/mol. The van der Waals surface area contributed by atoms with Gasteiger partial charge in [-0.15, -0.1) is 0 Å². The molecule has 2 heteroatoms. The predicted octanol–water partition coefficient (Wildman–Crippen LogP) is 2.67. The molecule has 42 valence electrons. The van der Waals surface area contributed by atoms with E-state index in [1.54, 1.807) is 5.80 Å². The smallest absolute Gasteiger partial charge is 0.109 e. The van der Waals surface area contributed by atoms with Gasteiger partial charge in [-0.2, -0.15) is 4.20 Å². The van der Waals surface area contributed by atoms with Gasteiger partial charge in [0.15, 0.2) is 0 Å². The van der Waals surface area contributed by atoms with E-state index >= 15 is 0 Å². The second kappa shape index (κ2) is 2.42. The van der Waals surface area contributed by atoms with Crippen molar-refractivity contribution in [1.29, 1.82) is 0 Å². The molecule has 0 unspecified atom stereocenters. The molecule has 0 aromatic carbocycles. The highest BCUT2D eigenvalue weighted by atomic mass is 31.1. The highest BCUT2D eigenvalue weighted by molar-refractivity contribution is 7.32. The van der Waals surface area contributed by atoms with E-state index in [1.807, 2.05) is 20.8 Å². The SMILES string of the molecule is CC(C)(C)C=PF. The van der Waals surface area contributed by atoms with Crippen molar-refractivity contribution in [3.8, 4) is 0 Å². The molecule has 0 saturated carbocycles. The van der Waals surface area contributed by atoms with Crippen molar-refractivity contribution < 1.29 is 4.20 Å². The third-order valence-electron chi connectivity index (χ3n) is 0.436. The molecule has 0 N–H and O–H groups in total. The summed E-state index contributed by atoms with van der Waals surface area (Å²) in [5, 5.41) is 0. The normalized spacial score (nSPS) is 13.1. The molecule has 0 fully saturated rings.